The molecule has 21 heavy (non-hydrogen) atoms. The van der Waals surface area contributed by atoms with Crippen LogP contribution in [0.4, 0.5) is 5.69 Å². The largest absolute Gasteiger partial charge is 0.312 e. The predicted molar refractivity (Wildman–Crippen MR) is 83.7 cm³/mol. The van der Waals surface area contributed by atoms with Gasteiger partial charge in [0.15, 0.2) is 0 Å². The van der Waals surface area contributed by atoms with Crippen molar-refractivity contribution in [2.45, 2.75) is 26.7 Å². The number of carbonyl (C=O) groups excluding carboxylic acids is 1. The third kappa shape index (κ3) is 4.28. The third-order valence-corrected chi connectivity index (χ3v) is 5.17. The Morgan fingerprint density at radius 2 is 1.95 bits per heavy atom. The van der Waals surface area contributed by atoms with E-state index in [0.29, 0.717) is 25.9 Å². The summed E-state index contributed by atoms with van der Waals surface area (Å²) >= 11 is 0. The van der Waals surface area contributed by atoms with E-state index in [0.717, 1.165) is 11.3 Å². The zero-order valence-electron chi connectivity index (χ0n) is 12.5. The van der Waals surface area contributed by atoms with Crippen LogP contribution < -0.4 is 9.62 Å². The minimum Gasteiger partial charge on any atom is -0.312 e. The number of sulfonamides is 1. The molecule has 2 rings (SSSR count). The molecule has 1 N–H and O–H groups in total. The summed E-state index contributed by atoms with van der Waals surface area (Å²) in [4.78, 5) is 13.8. The van der Waals surface area contributed by atoms with Gasteiger partial charge in [-0.2, -0.15) is 0 Å². The van der Waals surface area contributed by atoms with Crippen LogP contribution in [-0.4, -0.2) is 33.2 Å². The lowest BCUT2D eigenvalue weighted by atomic mass is 10.1. The van der Waals surface area contributed by atoms with Gasteiger partial charge < -0.3 is 4.90 Å². The van der Waals surface area contributed by atoms with E-state index in [2.05, 4.69) is 4.72 Å². The van der Waals surface area contributed by atoms with Crippen molar-refractivity contribution >= 4 is 21.6 Å². The highest BCUT2D eigenvalue weighted by Gasteiger charge is 2.31. The second-order valence-electron chi connectivity index (χ2n) is 5.58. The average molecular weight is 310 g/mol. The fourth-order valence-electron chi connectivity index (χ4n) is 2.48. The van der Waals surface area contributed by atoms with Crippen LogP contribution in [0.15, 0.2) is 24.3 Å². The summed E-state index contributed by atoms with van der Waals surface area (Å²) in [7, 11) is -3.20. The van der Waals surface area contributed by atoms with Gasteiger partial charge in [-0.3, -0.25) is 4.79 Å². The molecule has 0 radical (unpaired) electrons. The van der Waals surface area contributed by atoms with Crippen LogP contribution in [0, 0.1) is 12.8 Å². The number of carbonyl (C=O) groups is 1. The first-order valence-electron chi connectivity index (χ1n) is 7.25. The summed E-state index contributed by atoms with van der Waals surface area (Å²) in [5.41, 5.74) is 2.03. The number of hydrogen-bond acceptors (Lipinski definition) is 3. The molecule has 0 saturated carbocycles. The fourth-order valence-corrected chi connectivity index (χ4v) is 3.65. The quantitative estimate of drug-likeness (QED) is 0.869. The van der Waals surface area contributed by atoms with Gasteiger partial charge in [-0.1, -0.05) is 24.6 Å². The first kappa shape index (κ1) is 16.0. The summed E-state index contributed by atoms with van der Waals surface area (Å²) in [5, 5.41) is 0. The number of nitrogens with zero attached hydrogens (tertiary/aromatic N) is 1. The highest BCUT2D eigenvalue weighted by Crippen LogP contribution is 2.25. The van der Waals surface area contributed by atoms with Crippen molar-refractivity contribution in [2.24, 2.45) is 5.92 Å². The molecule has 0 aromatic heterocycles. The molecular formula is C15H22N2O3S. The van der Waals surface area contributed by atoms with Crippen molar-refractivity contribution < 1.29 is 13.2 Å². The van der Waals surface area contributed by atoms with Crippen LogP contribution in [-0.2, 0) is 14.8 Å². The van der Waals surface area contributed by atoms with Gasteiger partial charge in [-0.05, 0) is 31.4 Å². The zero-order chi connectivity index (χ0) is 15.5. The summed E-state index contributed by atoms with van der Waals surface area (Å²) in [6, 6.07) is 7.80. The Morgan fingerprint density at radius 3 is 2.57 bits per heavy atom. The van der Waals surface area contributed by atoms with Crippen LogP contribution in [0.3, 0.4) is 0 Å². The second kappa shape index (κ2) is 6.58. The molecule has 0 bridgehead atoms. The number of hydrogen-bond donors (Lipinski definition) is 1. The van der Waals surface area contributed by atoms with Gasteiger partial charge in [0.05, 0.1) is 5.75 Å². The lowest BCUT2D eigenvalue weighted by Crippen LogP contribution is -2.32. The Labute approximate surface area is 126 Å². The van der Waals surface area contributed by atoms with E-state index >= 15 is 0 Å². The molecule has 6 heteroatoms. The van der Waals surface area contributed by atoms with E-state index in [1.807, 2.05) is 38.1 Å². The molecule has 1 aliphatic heterocycles. The van der Waals surface area contributed by atoms with E-state index in [1.54, 1.807) is 4.90 Å². The van der Waals surface area contributed by atoms with Gasteiger partial charge in [0.25, 0.3) is 0 Å². The number of aryl methyl sites for hydroxylation is 1. The van der Waals surface area contributed by atoms with Gasteiger partial charge in [0, 0.05) is 25.2 Å². The summed E-state index contributed by atoms with van der Waals surface area (Å²) in [5.74, 6) is 0.221. The Hall–Kier alpha value is -1.40. The molecule has 1 saturated heterocycles. The predicted octanol–water partition coefficient (Wildman–Crippen LogP) is 1.68. The molecular weight excluding hydrogens is 288 g/mol. The maximum Gasteiger partial charge on any atom is 0.227 e. The molecule has 1 heterocycles. The number of rotatable bonds is 6. The number of nitrogens with one attached hydrogen (secondary N) is 1. The zero-order valence-corrected chi connectivity index (χ0v) is 13.3. The van der Waals surface area contributed by atoms with E-state index < -0.39 is 10.0 Å². The standard InChI is InChI=1S/C15H22N2O3S/c1-3-8-21(19,20)16-10-13-9-15(18)17(11-13)14-6-4-12(2)5-7-14/h4-7,13,16H,3,8-11H2,1-2H3/t13-/m1/s1. The van der Waals surface area contributed by atoms with Crippen molar-refractivity contribution in [3.8, 4) is 0 Å². The van der Waals surface area contributed by atoms with E-state index in [1.165, 1.54) is 0 Å². The molecule has 0 unspecified atom stereocenters. The Balaban J connectivity index is 1.95. The van der Waals surface area contributed by atoms with Crippen LogP contribution in [0.1, 0.15) is 25.3 Å². The van der Waals surface area contributed by atoms with Crippen molar-refractivity contribution in [3.05, 3.63) is 29.8 Å². The van der Waals surface area contributed by atoms with Gasteiger partial charge in [0.1, 0.15) is 0 Å². The van der Waals surface area contributed by atoms with Crippen molar-refractivity contribution in [2.75, 3.05) is 23.7 Å². The number of benzene rings is 1. The van der Waals surface area contributed by atoms with Crippen LogP contribution >= 0.6 is 0 Å². The monoisotopic (exact) mass is 310 g/mol. The maximum absolute atomic E-state index is 12.1. The van der Waals surface area contributed by atoms with Crippen LogP contribution in [0.5, 0.6) is 0 Å². The summed E-state index contributed by atoms with van der Waals surface area (Å²) in [6.07, 6.45) is 0.983. The molecule has 1 aliphatic rings. The first-order chi connectivity index (χ1) is 9.91. The number of amides is 1. The smallest absolute Gasteiger partial charge is 0.227 e. The minimum atomic E-state index is -3.20. The van der Waals surface area contributed by atoms with Gasteiger partial charge >= 0.3 is 0 Å². The molecule has 1 atom stereocenters. The molecule has 5 nitrogen and oxygen atoms in total. The topological polar surface area (TPSA) is 66.5 Å². The van der Waals surface area contributed by atoms with Gasteiger partial charge in [0.2, 0.25) is 15.9 Å². The maximum atomic E-state index is 12.1. The molecule has 1 amide bonds. The lowest BCUT2D eigenvalue weighted by molar-refractivity contribution is -0.117. The highest BCUT2D eigenvalue weighted by atomic mass is 32.2. The highest BCUT2D eigenvalue weighted by molar-refractivity contribution is 7.89. The lowest BCUT2D eigenvalue weighted by Gasteiger charge is -2.17. The van der Waals surface area contributed by atoms with Crippen molar-refractivity contribution in [1.82, 2.24) is 4.72 Å². The Bertz CT molecular complexity index is 596. The Morgan fingerprint density at radius 1 is 1.29 bits per heavy atom. The second-order valence-corrected chi connectivity index (χ2v) is 7.50. The third-order valence-electron chi connectivity index (χ3n) is 3.62. The van der Waals surface area contributed by atoms with Gasteiger partial charge in [-0.15, -0.1) is 0 Å². The molecule has 116 valence electrons. The molecule has 0 spiro atoms. The van der Waals surface area contributed by atoms with E-state index in [9.17, 15) is 13.2 Å². The van der Waals surface area contributed by atoms with Gasteiger partial charge in [-0.25, -0.2) is 13.1 Å². The summed E-state index contributed by atoms with van der Waals surface area (Å²) < 4.78 is 25.9. The van der Waals surface area contributed by atoms with Crippen LogP contribution in [0.2, 0.25) is 0 Å². The van der Waals surface area contributed by atoms with Crippen molar-refractivity contribution in [3.63, 3.8) is 0 Å². The molecule has 1 aromatic rings. The Kier molecular flexibility index (Phi) is 5.00. The first-order valence-corrected chi connectivity index (χ1v) is 8.91. The van der Waals surface area contributed by atoms with E-state index in [4.69, 9.17) is 0 Å². The van der Waals surface area contributed by atoms with Crippen molar-refractivity contribution in [1.29, 1.82) is 0 Å². The van der Waals surface area contributed by atoms with Crippen LogP contribution in [0.25, 0.3) is 0 Å². The average Bonchev–Trinajstić information content (AvgIpc) is 2.79. The number of anilines is 1. The molecule has 1 aromatic carbocycles. The molecule has 1 fully saturated rings. The SMILES string of the molecule is CCCS(=O)(=O)NC[C@H]1CC(=O)N(c2ccc(C)cc2)C1. The minimum absolute atomic E-state index is 0.0328. The summed E-state index contributed by atoms with van der Waals surface area (Å²) in [6.45, 7) is 4.73. The molecule has 0 aliphatic carbocycles. The fraction of sp³-hybridized carbons (Fsp3) is 0.533. The normalized spacial score (nSPS) is 19.2. The van der Waals surface area contributed by atoms with E-state index in [-0.39, 0.29) is 17.6 Å².